The predicted octanol–water partition coefficient (Wildman–Crippen LogP) is 12.7. The third kappa shape index (κ3) is 6.24. The molecule has 0 amide bonds. The lowest BCUT2D eigenvalue weighted by atomic mass is 9.97. The van der Waals surface area contributed by atoms with Gasteiger partial charge in [0.2, 0.25) is 0 Å². The number of rotatable bonds is 7. The van der Waals surface area contributed by atoms with E-state index in [2.05, 4.69) is 91.0 Å². The van der Waals surface area contributed by atoms with Crippen LogP contribution in [0, 0.1) is 0 Å². The number of benzene rings is 7. The van der Waals surface area contributed by atoms with Crippen LogP contribution in [-0.2, 0) is 0 Å². The normalized spacial score (nSPS) is 11.3. The second kappa shape index (κ2) is 14.0. The highest BCUT2D eigenvalue weighted by molar-refractivity contribution is 7.26. The van der Waals surface area contributed by atoms with Gasteiger partial charge in [-0.2, -0.15) is 0 Å². The number of fused-ring (bicyclic) bond motifs is 3. The number of hydrogen-bond acceptors (Lipinski definition) is 6. The van der Waals surface area contributed by atoms with Crippen molar-refractivity contribution in [2.24, 2.45) is 0 Å². The molecule has 0 unspecified atom stereocenters. The van der Waals surface area contributed by atoms with Crippen molar-refractivity contribution in [2.75, 3.05) is 0 Å². The van der Waals surface area contributed by atoms with Crippen LogP contribution in [0.15, 0.2) is 188 Å². The van der Waals surface area contributed by atoms with E-state index in [1.807, 2.05) is 97.1 Å². The summed E-state index contributed by atoms with van der Waals surface area (Å²) in [4.78, 5) is 25.3. The SMILES string of the molecule is c1ccc(-c2cc(-c3ccccc3)nc(-c3ccccc3-c3cccc4c3sc3ccc(-c5nc(-c6ccccc6)nc(-c6ccccc6)n5)cc34)n2)cc1. The lowest BCUT2D eigenvalue weighted by Gasteiger charge is -2.13. The summed E-state index contributed by atoms with van der Waals surface area (Å²) in [5.74, 6) is 2.62. The van der Waals surface area contributed by atoms with Gasteiger partial charge in [0.25, 0.3) is 0 Å². The van der Waals surface area contributed by atoms with Crippen molar-refractivity contribution in [3.63, 3.8) is 0 Å². The molecule has 0 atom stereocenters. The molecule has 0 fully saturated rings. The van der Waals surface area contributed by atoms with Crippen molar-refractivity contribution >= 4 is 31.5 Å². The van der Waals surface area contributed by atoms with Crippen LogP contribution in [0.5, 0.6) is 0 Å². The summed E-state index contributed by atoms with van der Waals surface area (Å²) in [6.07, 6.45) is 0. The minimum absolute atomic E-state index is 0.639. The largest absolute Gasteiger partial charge is 0.228 e. The van der Waals surface area contributed by atoms with Crippen LogP contribution in [0.1, 0.15) is 0 Å². The van der Waals surface area contributed by atoms with Gasteiger partial charge in [-0.1, -0.05) is 164 Å². The van der Waals surface area contributed by atoms with Crippen molar-refractivity contribution in [3.05, 3.63) is 188 Å². The summed E-state index contributed by atoms with van der Waals surface area (Å²) in [6, 6.07) is 64.5. The van der Waals surface area contributed by atoms with E-state index in [1.165, 1.54) is 14.8 Å². The van der Waals surface area contributed by atoms with Crippen LogP contribution in [0.4, 0.5) is 0 Å². The summed E-state index contributed by atoms with van der Waals surface area (Å²) in [5, 5.41) is 2.34. The van der Waals surface area contributed by atoms with E-state index in [-0.39, 0.29) is 0 Å². The Bertz CT molecular complexity index is 2850. The highest BCUT2D eigenvalue weighted by Gasteiger charge is 2.19. The lowest BCUT2D eigenvalue weighted by Crippen LogP contribution is -2.00. The van der Waals surface area contributed by atoms with E-state index in [1.54, 1.807) is 11.3 Å². The van der Waals surface area contributed by atoms with Crippen LogP contribution in [0.25, 0.3) is 99.4 Å². The molecule has 0 bridgehead atoms. The first-order valence-corrected chi connectivity index (χ1v) is 19.0. The van der Waals surface area contributed by atoms with E-state index < -0.39 is 0 Å². The summed E-state index contributed by atoms with van der Waals surface area (Å²) in [7, 11) is 0. The van der Waals surface area contributed by atoms with Crippen LogP contribution < -0.4 is 0 Å². The van der Waals surface area contributed by atoms with Crippen LogP contribution in [0.3, 0.4) is 0 Å². The zero-order chi connectivity index (χ0) is 36.6. The molecule has 10 aromatic rings. The Kier molecular flexibility index (Phi) is 8.28. The van der Waals surface area contributed by atoms with E-state index in [4.69, 9.17) is 24.9 Å². The highest BCUT2D eigenvalue weighted by atomic mass is 32.1. The average Bonchev–Trinajstić information content (AvgIpc) is 3.66. The summed E-state index contributed by atoms with van der Waals surface area (Å²) < 4.78 is 2.40. The minimum atomic E-state index is 0.639. The van der Waals surface area contributed by atoms with Gasteiger partial charge < -0.3 is 0 Å². The molecule has 258 valence electrons. The molecule has 10 rings (SSSR count). The topological polar surface area (TPSA) is 64.5 Å². The van der Waals surface area contributed by atoms with Gasteiger partial charge in [-0.25, -0.2) is 24.9 Å². The van der Waals surface area contributed by atoms with E-state index in [0.717, 1.165) is 61.3 Å². The first kappa shape index (κ1) is 32.5. The lowest BCUT2D eigenvalue weighted by molar-refractivity contribution is 1.07. The smallest absolute Gasteiger partial charge is 0.164 e. The molecule has 0 saturated carbocycles. The maximum Gasteiger partial charge on any atom is 0.164 e. The van der Waals surface area contributed by atoms with E-state index in [9.17, 15) is 0 Å². The Morgan fingerprint density at radius 1 is 0.291 bits per heavy atom. The van der Waals surface area contributed by atoms with Crippen LogP contribution >= 0.6 is 11.3 Å². The van der Waals surface area contributed by atoms with E-state index in [0.29, 0.717) is 23.3 Å². The first-order valence-electron chi connectivity index (χ1n) is 18.2. The molecular weight excluding hydrogens is 691 g/mol. The molecule has 6 heteroatoms. The number of aromatic nitrogens is 5. The molecule has 0 aliphatic rings. The first-order chi connectivity index (χ1) is 27.2. The molecule has 0 aliphatic carbocycles. The summed E-state index contributed by atoms with van der Waals surface area (Å²) in [5.41, 5.74) is 9.91. The van der Waals surface area contributed by atoms with Gasteiger partial charge in [-0.05, 0) is 29.8 Å². The fourth-order valence-electron chi connectivity index (χ4n) is 7.08. The van der Waals surface area contributed by atoms with Gasteiger partial charge in [-0.3, -0.25) is 0 Å². The molecule has 0 aliphatic heterocycles. The van der Waals surface area contributed by atoms with Gasteiger partial charge in [0.1, 0.15) is 0 Å². The van der Waals surface area contributed by atoms with E-state index >= 15 is 0 Å². The average molecular weight is 722 g/mol. The maximum atomic E-state index is 5.18. The third-order valence-corrected chi connectivity index (χ3v) is 11.0. The van der Waals surface area contributed by atoms with Crippen molar-refractivity contribution in [1.82, 2.24) is 24.9 Å². The molecule has 0 radical (unpaired) electrons. The minimum Gasteiger partial charge on any atom is -0.228 e. The summed E-state index contributed by atoms with van der Waals surface area (Å²) in [6.45, 7) is 0. The second-order valence-electron chi connectivity index (χ2n) is 13.3. The molecule has 0 saturated heterocycles. The van der Waals surface area contributed by atoms with Crippen LogP contribution in [0.2, 0.25) is 0 Å². The molecule has 3 heterocycles. The third-order valence-electron chi connectivity index (χ3n) is 9.78. The number of thiophene rings is 1. The molecule has 55 heavy (non-hydrogen) atoms. The molecule has 0 N–H and O–H groups in total. The summed E-state index contributed by atoms with van der Waals surface area (Å²) >= 11 is 1.80. The monoisotopic (exact) mass is 721 g/mol. The molecule has 7 aromatic carbocycles. The second-order valence-corrected chi connectivity index (χ2v) is 14.3. The molecular formula is C49H31N5S. The Labute approximate surface area is 322 Å². The number of nitrogens with zero attached hydrogens (tertiary/aromatic N) is 5. The zero-order valence-corrected chi connectivity index (χ0v) is 30.4. The van der Waals surface area contributed by atoms with Crippen molar-refractivity contribution < 1.29 is 0 Å². The van der Waals surface area contributed by atoms with Gasteiger partial charge in [0, 0.05) is 59.1 Å². The van der Waals surface area contributed by atoms with Gasteiger partial charge in [0.05, 0.1) is 11.4 Å². The van der Waals surface area contributed by atoms with Gasteiger partial charge in [0.15, 0.2) is 23.3 Å². The molecule has 0 spiro atoms. The fraction of sp³-hybridized carbons (Fsp3) is 0. The quantitative estimate of drug-likeness (QED) is 0.164. The van der Waals surface area contributed by atoms with Gasteiger partial charge >= 0.3 is 0 Å². The Hall–Kier alpha value is -7.15. The van der Waals surface area contributed by atoms with Crippen molar-refractivity contribution in [3.8, 4) is 79.2 Å². The number of hydrogen-bond donors (Lipinski definition) is 0. The predicted molar refractivity (Wildman–Crippen MR) is 226 cm³/mol. The standard InChI is InChI=1S/C49H31N5S/c1-5-16-32(17-6-1)42-31-43(33-18-7-2-8-19-33)51-49(50-42)40-25-14-13-24-37(40)38-26-15-27-39-41-30-36(28-29-44(41)55-45(38)39)48-53-46(34-20-9-3-10-21-34)52-47(54-48)35-22-11-4-12-23-35/h1-31H. The Morgan fingerprint density at radius 3 is 1.33 bits per heavy atom. The molecule has 5 nitrogen and oxygen atoms in total. The fourth-order valence-corrected chi connectivity index (χ4v) is 8.29. The molecule has 3 aromatic heterocycles. The zero-order valence-electron chi connectivity index (χ0n) is 29.5. The van der Waals surface area contributed by atoms with Gasteiger partial charge in [-0.15, -0.1) is 11.3 Å². The Balaban J connectivity index is 1.12. The highest BCUT2D eigenvalue weighted by Crippen LogP contribution is 2.43. The van der Waals surface area contributed by atoms with Crippen LogP contribution in [-0.4, -0.2) is 24.9 Å². The van der Waals surface area contributed by atoms with Crippen molar-refractivity contribution in [1.29, 1.82) is 0 Å². The van der Waals surface area contributed by atoms with Crippen molar-refractivity contribution in [2.45, 2.75) is 0 Å². The Morgan fingerprint density at radius 2 is 0.764 bits per heavy atom. The maximum absolute atomic E-state index is 5.18.